The fraction of sp³-hybridized carbons (Fsp3) is 0.750. The Kier molecular flexibility index (Phi) is 6.71. The number of nitrogens with one attached hydrogen (secondary N) is 1. The van der Waals surface area contributed by atoms with E-state index in [1.165, 1.54) is 0 Å². The van der Waals surface area contributed by atoms with Crippen LogP contribution in [-0.2, 0) is 0 Å². The highest BCUT2D eigenvalue weighted by atomic mass is 32.2. The van der Waals surface area contributed by atoms with Gasteiger partial charge in [-0.05, 0) is 13.5 Å². The zero-order valence-electron chi connectivity index (χ0n) is 7.26. The lowest BCUT2D eigenvalue weighted by molar-refractivity contribution is 0.216. The molecule has 0 fully saturated rings. The molecule has 66 valence electrons. The maximum absolute atomic E-state index is 9.28. The van der Waals surface area contributed by atoms with Crippen molar-refractivity contribution in [2.75, 3.05) is 19.3 Å². The van der Waals surface area contributed by atoms with Crippen LogP contribution in [0.15, 0.2) is 11.5 Å². The molecule has 0 radical (unpaired) electrons. The van der Waals surface area contributed by atoms with Crippen LogP contribution >= 0.6 is 11.8 Å². The van der Waals surface area contributed by atoms with Gasteiger partial charge in [0.1, 0.15) is 0 Å². The molecule has 0 rings (SSSR count). The SMILES string of the molecule is C=C(SCCNC)C(O)CC. The van der Waals surface area contributed by atoms with Crippen molar-refractivity contribution in [1.29, 1.82) is 0 Å². The van der Waals surface area contributed by atoms with Gasteiger partial charge in [0.25, 0.3) is 0 Å². The van der Waals surface area contributed by atoms with Crippen molar-refractivity contribution in [2.45, 2.75) is 19.4 Å². The second-order valence-electron chi connectivity index (χ2n) is 2.34. The summed E-state index contributed by atoms with van der Waals surface area (Å²) >= 11 is 1.63. The predicted molar refractivity (Wildman–Crippen MR) is 51.8 cm³/mol. The fourth-order valence-electron chi connectivity index (χ4n) is 0.608. The molecule has 11 heavy (non-hydrogen) atoms. The summed E-state index contributed by atoms with van der Waals surface area (Å²) in [6.07, 6.45) is 0.419. The molecule has 0 aliphatic heterocycles. The average Bonchev–Trinajstić information content (AvgIpc) is 2.03. The Morgan fingerprint density at radius 2 is 2.36 bits per heavy atom. The van der Waals surface area contributed by atoms with E-state index in [0.29, 0.717) is 0 Å². The number of aliphatic hydroxyl groups excluding tert-OH is 1. The minimum absolute atomic E-state index is 0.336. The summed E-state index contributed by atoms with van der Waals surface area (Å²) in [7, 11) is 1.92. The molecule has 0 aromatic carbocycles. The summed E-state index contributed by atoms with van der Waals surface area (Å²) in [4.78, 5) is 0.878. The molecule has 3 heteroatoms. The molecule has 2 nitrogen and oxygen atoms in total. The first-order chi connectivity index (χ1) is 5.22. The molecular weight excluding hydrogens is 158 g/mol. The molecule has 1 unspecified atom stereocenters. The van der Waals surface area contributed by atoms with Gasteiger partial charge in [-0.15, -0.1) is 11.8 Å². The summed E-state index contributed by atoms with van der Waals surface area (Å²) in [5.41, 5.74) is 0. The smallest absolute Gasteiger partial charge is 0.0839 e. The number of rotatable bonds is 6. The van der Waals surface area contributed by atoms with Crippen molar-refractivity contribution < 1.29 is 5.11 Å². The normalized spacial score (nSPS) is 13.0. The van der Waals surface area contributed by atoms with E-state index in [0.717, 1.165) is 23.6 Å². The van der Waals surface area contributed by atoms with E-state index in [9.17, 15) is 5.11 Å². The lowest BCUT2D eigenvalue weighted by Crippen LogP contribution is -2.12. The van der Waals surface area contributed by atoms with Gasteiger partial charge in [0.2, 0.25) is 0 Å². The highest BCUT2D eigenvalue weighted by molar-refractivity contribution is 8.03. The standard InChI is InChI=1S/C8H17NOS/c1-4-8(10)7(2)11-6-5-9-3/h8-10H,2,4-6H2,1,3H3. The molecule has 0 amide bonds. The molecule has 0 spiro atoms. The first kappa shape index (κ1) is 11.0. The Bertz CT molecular complexity index is 117. The Morgan fingerprint density at radius 1 is 1.73 bits per heavy atom. The van der Waals surface area contributed by atoms with E-state index in [1.54, 1.807) is 11.8 Å². The molecular formula is C8H17NOS. The predicted octanol–water partition coefficient (Wildman–Crippen LogP) is 1.22. The summed E-state index contributed by atoms with van der Waals surface area (Å²) in [5, 5.41) is 12.3. The van der Waals surface area contributed by atoms with Crippen LogP contribution in [0.3, 0.4) is 0 Å². The van der Waals surface area contributed by atoms with Crippen molar-refractivity contribution >= 4 is 11.8 Å². The van der Waals surface area contributed by atoms with Crippen LogP contribution in [0.4, 0.5) is 0 Å². The summed E-state index contributed by atoms with van der Waals surface area (Å²) in [6.45, 7) is 6.69. The fourth-order valence-corrected chi connectivity index (χ4v) is 1.54. The van der Waals surface area contributed by atoms with Crippen LogP contribution in [0.2, 0.25) is 0 Å². The topological polar surface area (TPSA) is 32.3 Å². The van der Waals surface area contributed by atoms with Gasteiger partial charge in [0, 0.05) is 17.2 Å². The van der Waals surface area contributed by atoms with Gasteiger partial charge in [-0.1, -0.05) is 13.5 Å². The van der Waals surface area contributed by atoms with Crippen molar-refractivity contribution in [2.24, 2.45) is 0 Å². The van der Waals surface area contributed by atoms with Crippen molar-refractivity contribution in [1.82, 2.24) is 5.32 Å². The van der Waals surface area contributed by atoms with E-state index in [1.807, 2.05) is 14.0 Å². The molecule has 0 saturated carbocycles. The van der Waals surface area contributed by atoms with E-state index in [2.05, 4.69) is 11.9 Å². The van der Waals surface area contributed by atoms with Crippen LogP contribution in [0.5, 0.6) is 0 Å². The monoisotopic (exact) mass is 175 g/mol. The Morgan fingerprint density at radius 3 is 2.82 bits per heavy atom. The van der Waals surface area contributed by atoms with E-state index in [4.69, 9.17) is 0 Å². The van der Waals surface area contributed by atoms with Gasteiger partial charge < -0.3 is 10.4 Å². The van der Waals surface area contributed by atoms with E-state index in [-0.39, 0.29) is 6.10 Å². The molecule has 0 saturated heterocycles. The molecule has 0 bridgehead atoms. The largest absolute Gasteiger partial charge is 0.388 e. The van der Waals surface area contributed by atoms with Gasteiger partial charge in [-0.2, -0.15) is 0 Å². The molecule has 0 aliphatic rings. The Hall–Kier alpha value is 0.01000. The molecule has 0 aromatic heterocycles. The van der Waals surface area contributed by atoms with Gasteiger partial charge in [0.15, 0.2) is 0 Å². The Labute approximate surface area is 73.1 Å². The number of aliphatic hydroxyl groups is 1. The molecule has 1 atom stereocenters. The van der Waals surface area contributed by atoms with Crippen molar-refractivity contribution in [3.63, 3.8) is 0 Å². The second-order valence-corrected chi connectivity index (χ2v) is 3.56. The van der Waals surface area contributed by atoms with Crippen LogP contribution in [-0.4, -0.2) is 30.6 Å². The third-order valence-electron chi connectivity index (χ3n) is 1.40. The molecule has 0 aliphatic carbocycles. The minimum Gasteiger partial charge on any atom is -0.388 e. The van der Waals surface area contributed by atoms with Gasteiger partial charge in [-0.25, -0.2) is 0 Å². The number of hydrogen-bond acceptors (Lipinski definition) is 3. The highest BCUT2D eigenvalue weighted by Crippen LogP contribution is 2.18. The summed E-state index contributed by atoms with van der Waals surface area (Å²) in [5.74, 6) is 0.979. The average molecular weight is 175 g/mol. The van der Waals surface area contributed by atoms with Crippen LogP contribution in [0.1, 0.15) is 13.3 Å². The summed E-state index contributed by atoms with van der Waals surface area (Å²) < 4.78 is 0. The highest BCUT2D eigenvalue weighted by Gasteiger charge is 2.04. The van der Waals surface area contributed by atoms with E-state index >= 15 is 0 Å². The third kappa shape index (κ3) is 5.30. The van der Waals surface area contributed by atoms with Crippen LogP contribution in [0.25, 0.3) is 0 Å². The Balaban J connectivity index is 3.36. The van der Waals surface area contributed by atoms with Crippen LogP contribution < -0.4 is 5.32 Å². The zero-order chi connectivity index (χ0) is 8.69. The maximum Gasteiger partial charge on any atom is 0.0839 e. The molecule has 0 aromatic rings. The van der Waals surface area contributed by atoms with Gasteiger partial charge in [0.05, 0.1) is 6.10 Å². The quantitative estimate of drug-likeness (QED) is 0.595. The molecule has 0 heterocycles. The number of hydrogen-bond donors (Lipinski definition) is 2. The van der Waals surface area contributed by atoms with Gasteiger partial charge in [-0.3, -0.25) is 0 Å². The zero-order valence-corrected chi connectivity index (χ0v) is 8.08. The second kappa shape index (κ2) is 6.70. The molecule has 2 N–H and O–H groups in total. The van der Waals surface area contributed by atoms with Crippen LogP contribution in [0, 0.1) is 0 Å². The lowest BCUT2D eigenvalue weighted by Gasteiger charge is -2.09. The third-order valence-corrected chi connectivity index (χ3v) is 2.45. The first-order valence-corrected chi connectivity index (χ1v) is 4.85. The van der Waals surface area contributed by atoms with Crippen molar-refractivity contribution in [3.05, 3.63) is 11.5 Å². The lowest BCUT2D eigenvalue weighted by atomic mass is 10.3. The number of thioether (sulfide) groups is 1. The summed E-state index contributed by atoms with van der Waals surface area (Å²) in [6, 6.07) is 0. The minimum atomic E-state index is -0.336. The van der Waals surface area contributed by atoms with E-state index < -0.39 is 0 Å². The first-order valence-electron chi connectivity index (χ1n) is 3.86. The van der Waals surface area contributed by atoms with Gasteiger partial charge >= 0.3 is 0 Å². The maximum atomic E-state index is 9.28. The van der Waals surface area contributed by atoms with Crippen molar-refractivity contribution in [3.8, 4) is 0 Å².